The van der Waals surface area contributed by atoms with Crippen LogP contribution in [0.2, 0.25) is 0 Å². The van der Waals surface area contributed by atoms with E-state index < -0.39 is 28.1 Å². The lowest BCUT2D eigenvalue weighted by Gasteiger charge is -2.14. The second kappa shape index (κ2) is 6.73. The van der Waals surface area contributed by atoms with E-state index in [4.69, 9.17) is 4.74 Å². The van der Waals surface area contributed by atoms with E-state index in [1.54, 1.807) is 12.3 Å². The van der Waals surface area contributed by atoms with Crippen molar-refractivity contribution in [1.29, 1.82) is 0 Å². The van der Waals surface area contributed by atoms with Gasteiger partial charge in [-0.1, -0.05) is 0 Å². The van der Waals surface area contributed by atoms with Gasteiger partial charge in [0.15, 0.2) is 0 Å². The van der Waals surface area contributed by atoms with Crippen LogP contribution in [0.5, 0.6) is 0 Å². The minimum absolute atomic E-state index is 0.0593. The van der Waals surface area contributed by atoms with Crippen LogP contribution in [0.3, 0.4) is 0 Å². The van der Waals surface area contributed by atoms with Gasteiger partial charge in [-0.05, 0) is 34.1 Å². The molecule has 0 bridgehead atoms. The number of benzene rings is 1. The zero-order valence-electron chi connectivity index (χ0n) is 12.9. The molecule has 1 atom stereocenters. The Kier molecular flexibility index (Phi) is 4.80. The van der Waals surface area contributed by atoms with Crippen LogP contribution in [0, 0.1) is 5.82 Å². The molecule has 11 heteroatoms. The highest BCUT2D eigenvalue weighted by molar-refractivity contribution is 9.10. The standard InChI is InChI=1S/C14H13BrFN3O5S/c1-25(21,22)23-7-10-5-19(14(20)24-10)9-2-3-12(11(16)4-9)18-6-13(15)17-8-18/h2-4,6,8,10H,5,7H2,1H3/t10-/m0/s1. The van der Waals surface area contributed by atoms with Gasteiger partial charge in [-0.3, -0.25) is 9.08 Å². The molecule has 25 heavy (non-hydrogen) atoms. The van der Waals surface area contributed by atoms with Crippen molar-refractivity contribution in [3.63, 3.8) is 0 Å². The van der Waals surface area contributed by atoms with Gasteiger partial charge in [0, 0.05) is 6.20 Å². The number of carbonyl (C=O) groups is 1. The van der Waals surface area contributed by atoms with E-state index in [0.29, 0.717) is 10.3 Å². The van der Waals surface area contributed by atoms with E-state index in [1.165, 1.54) is 27.9 Å². The smallest absolute Gasteiger partial charge is 0.414 e. The van der Waals surface area contributed by atoms with Crippen molar-refractivity contribution in [3.8, 4) is 5.69 Å². The fourth-order valence-electron chi connectivity index (χ4n) is 2.32. The molecule has 0 saturated carbocycles. The first-order valence-electron chi connectivity index (χ1n) is 7.05. The predicted molar refractivity (Wildman–Crippen MR) is 89.6 cm³/mol. The van der Waals surface area contributed by atoms with Crippen molar-refractivity contribution in [2.24, 2.45) is 0 Å². The summed E-state index contributed by atoms with van der Waals surface area (Å²) in [4.78, 5) is 17.1. The van der Waals surface area contributed by atoms with Crippen LogP contribution in [-0.4, -0.2) is 49.6 Å². The number of carbonyl (C=O) groups excluding carboxylic acids is 1. The molecule has 0 radical (unpaired) electrons. The number of anilines is 1. The number of hydrogen-bond acceptors (Lipinski definition) is 6. The number of rotatable bonds is 5. The lowest BCUT2D eigenvalue weighted by molar-refractivity contribution is 0.107. The highest BCUT2D eigenvalue weighted by Gasteiger charge is 2.33. The van der Waals surface area contributed by atoms with E-state index in [-0.39, 0.29) is 18.8 Å². The van der Waals surface area contributed by atoms with Crippen LogP contribution in [0.4, 0.5) is 14.9 Å². The number of aromatic nitrogens is 2. The molecule has 1 aromatic heterocycles. The first kappa shape index (κ1) is 17.8. The van der Waals surface area contributed by atoms with Crippen molar-refractivity contribution in [2.75, 3.05) is 24.3 Å². The number of ether oxygens (including phenoxy) is 1. The van der Waals surface area contributed by atoms with Crippen LogP contribution < -0.4 is 4.90 Å². The maximum atomic E-state index is 14.4. The molecular formula is C14H13BrFN3O5S. The zero-order valence-corrected chi connectivity index (χ0v) is 15.3. The molecule has 2 heterocycles. The average Bonchev–Trinajstić information content (AvgIpc) is 3.10. The molecule has 2 aromatic rings. The van der Waals surface area contributed by atoms with Crippen molar-refractivity contribution in [1.82, 2.24) is 9.55 Å². The van der Waals surface area contributed by atoms with Crippen molar-refractivity contribution < 1.29 is 26.5 Å². The SMILES string of the molecule is CS(=O)(=O)OC[C@@H]1CN(c2ccc(-n3cnc(Br)c3)c(F)c2)C(=O)O1. The van der Waals surface area contributed by atoms with E-state index in [9.17, 15) is 17.6 Å². The van der Waals surface area contributed by atoms with E-state index in [1.807, 2.05) is 0 Å². The largest absolute Gasteiger partial charge is 0.441 e. The van der Waals surface area contributed by atoms with Crippen molar-refractivity contribution in [3.05, 3.63) is 41.1 Å². The summed E-state index contributed by atoms with van der Waals surface area (Å²) in [5.74, 6) is -0.550. The first-order chi connectivity index (χ1) is 11.7. The van der Waals surface area contributed by atoms with Gasteiger partial charge in [-0.25, -0.2) is 14.2 Å². The molecular weight excluding hydrogens is 421 g/mol. The Morgan fingerprint density at radius 1 is 1.48 bits per heavy atom. The minimum Gasteiger partial charge on any atom is -0.441 e. The van der Waals surface area contributed by atoms with Crippen LogP contribution in [0.1, 0.15) is 0 Å². The molecule has 1 aliphatic heterocycles. The van der Waals surface area contributed by atoms with Gasteiger partial charge < -0.3 is 9.30 Å². The molecule has 0 aliphatic carbocycles. The van der Waals surface area contributed by atoms with Crippen molar-refractivity contribution >= 4 is 37.8 Å². The lowest BCUT2D eigenvalue weighted by atomic mass is 10.2. The highest BCUT2D eigenvalue weighted by atomic mass is 79.9. The third-order valence-corrected chi connectivity index (χ3v) is 4.39. The number of amides is 1. The van der Waals surface area contributed by atoms with Crippen LogP contribution in [0.25, 0.3) is 5.69 Å². The molecule has 1 aliphatic rings. The Bertz CT molecular complexity index is 917. The molecule has 1 fully saturated rings. The third-order valence-electron chi connectivity index (χ3n) is 3.41. The minimum atomic E-state index is -3.63. The summed E-state index contributed by atoms with van der Waals surface area (Å²) in [7, 11) is -3.63. The molecule has 1 saturated heterocycles. The number of cyclic esters (lactones) is 1. The fourth-order valence-corrected chi connectivity index (χ4v) is 3.03. The van der Waals surface area contributed by atoms with E-state index in [2.05, 4.69) is 25.1 Å². The Morgan fingerprint density at radius 2 is 2.24 bits per heavy atom. The molecule has 0 spiro atoms. The van der Waals surface area contributed by atoms with Crippen LogP contribution in [-0.2, 0) is 19.0 Å². The van der Waals surface area contributed by atoms with Gasteiger partial charge in [0.25, 0.3) is 10.1 Å². The molecule has 0 N–H and O–H groups in total. The maximum absolute atomic E-state index is 14.4. The predicted octanol–water partition coefficient (Wildman–Crippen LogP) is 2.08. The van der Waals surface area contributed by atoms with Crippen molar-refractivity contribution in [2.45, 2.75) is 6.10 Å². The quantitative estimate of drug-likeness (QED) is 0.670. The van der Waals surface area contributed by atoms with Gasteiger partial charge in [0.2, 0.25) is 0 Å². The van der Waals surface area contributed by atoms with Gasteiger partial charge in [0.1, 0.15) is 29.5 Å². The van der Waals surface area contributed by atoms with Gasteiger partial charge in [-0.15, -0.1) is 0 Å². The second-order valence-electron chi connectivity index (χ2n) is 5.34. The summed E-state index contributed by atoms with van der Waals surface area (Å²) in [5, 5.41) is 0. The summed E-state index contributed by atoms with van der Waals surface area (Å²) in [6, 6.07) is 4.27. The highest BCUT2D eigenvalue weighted by Crippen LogP contribution is 2.26. The Balaban J connectivity index is 1.76. The summed E-state index contributed by atoms with van der Waals surface area (Å²) >= 11 is 3.19. The van der Waals surface area contributed by atoms with Crippen LogP contribution >= 0.6 is 15.9 Å². The summed E-state index contributed by atoms with van der Waals surface area (Å²) < 4.78 is 48.1. The Hall–Kier alpha value is -1.98. The van der Waals surface area contributed by atoms with Gasteiger partial charge >= 0.3 is 6.09 Å². The molecule has 134 valence electrons. The number of hydrogen-bond donors (Lipinski definition) is 0. The van der Waals surface area contributed by atoms with Gasteiger partial charge in [-0.2, -0.15) is 8.42 Å². The number of nitrogens with zero attached hydrogens (tertiary/aromatic N) is 3. The van der Waals surface area contributed by atoms with E-state index >= 15 is 0 Å². The monoisotopic (exact) mass is 433 g/mol. The molecule has 0 unspecified atom stereocenters. The average molecular weight is 434 g/mol. The zero-order chi connectivity index (χ0) is 18.2. The topological polar surface area (TPSA) is 90.7 Å². The molecule has 8 nitrogen and oxygen atoms in total. The molecule has 3 rings (SSSR count). The van der Waals surface area contributed by atoms with E-state index in [0.717, 1.165) is 6.26 Å². The lowest BCUT2D eigenvalue weighted by Crippen LogP contribution is -2.26. The molecule has 1 amide bonds. The first-order valence-corrected chi connectivity index (χ1v) is 9.66. The third kappa shape index (κ3) is 4.17. The Labute approximate surface area is 151 Å². The summed E-state index contributed by atoms with van der Waals surface area (Å²) in [5.41, 5.74) is 0.568. The summed E-state index contributed by atoms with van der Waals surface area (Å²) in [6.45, 7) is -0.228. The maximum Gasteiger partial charge on any atom is 0.414 e. The summed E-state index contributed by atoms with van der Waals surface area (Å²) in [6.07, 6.45) is 2.50. The van der Waals surface area contributed by atoms with Gasteiger partial charge in [0.05, 0.1) is 24.2 Å². The number of imidazole rings is 1. The normalized spacial score (nSPS) is 17.8. The fraction of sp³-hybridized carbons (Fsp3) is 0.286. The second-order valence-corrected chi connectivity index (χ2v) is 7.80. The van der Waals surface area contributed by atoms with Crippen LogP contribution in [0.15, 0.2) is 35.3 Å². The molecule has 1 aromatic carbocycles. The Morgan fingerprint density at radius 3 is 2.84 bits per heavy atom. The number of halogens is 2.